The molecule has 2 saturated heterocycles. The van der Waals surface area contributed by atoms with Crippen LogP contribution < -0.4 is 5.32 Å². The number of nitro groups is 1. The van der Waals surface area contributed by atoms with Crippen molar-refractivity contribution in [1.29, 1.82) is 0 Å². The van der Waals surface area contributed by atoms with Gasteiger partial charge in [-0.1, -0.05) is 35.5 Å². The second-order valence-corrected chi connectivity index (χ2v) is 10.9. The largest absolute Gasteiger partial charge is 0.346 e. The number of carbonyl (C=O) groups excluding carboxylic acids is 4. The van der Waals surface area contributed by atoms with Gasteiger partial charge in [0.15, 0.2) is 0 Å². The van der Waals surface area contributed by atoms with Crippen molar-refractivity contribution in [1.82, 2.24) is 9.80 Å². The van der Waals surface area contributed by atoms with E-state index in [4.69, 9.17) is 11.6 Å². The molecule has 2 atom stereocenters. The zero-order chi connectivity index (χ0) is 24.4. The minimum atomic E-state index is -1.83. The molecule has 13 heteroatoms. The Morgan fingerprint density at radius 1 is 1.06 bits per heavy atom. The number of thioether (sulfide) groups is 2. The molecule has 0 radical (unpaired) electrons. The van der Waals surface area contributed by atoms with Crippen LogP contribution in [-0.2, 0) is 14.5 Å². The Hall–Kier alpha value is -3.09. The molecule has 1 spiro atoms. The molecule has 2 fully saturated rings. The van der Waals surface area contributed by atoms with E-state index in [1.54, 1.807) is 31.2 Å². The first kappa shape index (κ1) is 22.7. The van der Waals surface area contributed by atoms with Gasteiger partial charge < -0.3 is 5.32 Å². The standard InChI is InChI=1S/C21H15ClN4O6S2/c1-20(11-2-4-12(22)5-3-11)24(16(27)9-33-20)19(30)25-17(28)10-34-21(25)18(29)14-7-6-13(26(31)32)8-15(14)23-21/h2-8,23H,9-10H2,1H3. The molecule has 3 aliphatic rings. The molecule has 5 rings (SSSR count). The predicted octanol–water partition coefficient (Wildman–Crippen LogP) is 3.65. The maximum Gasteiger partial charge on any atom is 0.337 e. The number of urea groups is 1. The average Bonchev–Trinajstić information content (AvgIpc) is 3.40. The van der Waals surface area contributed by atoms with Gasteiger partial charge in [0.05, 0.1) is 22.1 Å². The highest BCUT2D eigenvalue weighted by molar-refractivity contribution is 8.02. The number of hydrogen-bond acceptors (Lipinski definition) is 9. The number of imide groups is 2. The summed E-state index contributed by atoms with van der Waals surface area (Å²) in [5.41, 5.74) is 0.638. The molecule has 0 aromatic heterocycles. The van der Waals surface area contributed by atoms with Crippen molar-refractivity contribution in [2.24, 2.45) is 0 Å². The van der Waals surface area contributed by atoms with Crippen LogP contribution in [0, 0.1) is 10.1 Å². The first-order valence-corrected chi connectivity index (χ1v) is 12.3. The SMILES string of the molecule is CC1(c2ccc(Cl)cc2)SCC(=O)N1C(=O)N1C(=O)CSC12Nc1cc([N+](=O)[O-])ccc1C2=O. The monoisotopic (exact) mass is 518 g/mol. The maximum atomic E-state index is 13.8. The lowest BCUT2D eigenvalue weighted by Crippen LogP contribution is -2.61. The van der Waals surface area contributed by atoms with Crippen molar-refractivity contribution in [3.63, 3.8) is 0 Å². The van der Waals surface area contributed by atoms with Crippen LogP contribution in [0.15, 0.2) is 42.5 Å². The third-order valence-electron chi connectivity index (χ3n) is 5.95. The summed E-state index contributed by atoms with van der Waals surface area (Å²) in [6, 6.07) is 9.38. The van der Waals surface area contributed by atoms with E-state index in [1.807, 2.05) is 0 Å². The number of non-ortho nitro benzene ring substituents is 1. The molecule has 10 nitrogen and oxygen atoms in total. The molecule has 4 amide bonds. The predicted molar refractivity (Wildman–Crippen MR) is 127 cm³/mol. The summed E-state index contributed by atoms with van der Waals surface area (Å²) in [5, 5.41) is 14.5. The van der Waals surface area contributed by atoms with Crippen molar-refractivity contribution in [3.05, 3.63) is 68.7 Å². The van der Waals surface area contributed by atoms with Gasteiger partial charge in [-0.2, -0.15) is 0 Å². The van der Waals surface area contributed by atoms with E-state index in [9.17, 15) is 29.3 Å². The smallest absolute Gasteiger partial charge is 0.337 e. The van der Waals surface area contributed by atoms with Crippen LogP contribution in [0.25, 0.3) is 0 Å². The van der Waals surface area contributed by atoms with Crippen LogP contribution in [0.5, 0.6) is 0 Å². The van der Waals surface area contributed by atoms with E-state index in [0.717, 1.165) is 21.6 Å². The summed E-state index contributed by atoms with van der Waals surface area (Å²) in [4.78, 5) is 62.4. The number of carbonyl (C=O) groups is 4. The molecule has 174 valence electrons. The molecular weight excluding hydrogens is 504 g/mol. The number of nitrogens with one attached hydrogen (secondary N) is 1. The number of fused-ring (bicyclic) bond motifs is 1. The summed E-state index contributed by atoms with van der Waals surface area (Å²) in [6.45, 7) is 1.69. The van der Waals surface area contributed by atoms with Gasteiger partial charge in [-0.05, 0) is 30.7 Å². The Kier molecular flexibility index (Phi) is 5.15. The number of amides is 4. The lowest BCUT2D eigenvalue weighted by atomic mass is 10.1. The summed E-state index contributed by atoms with van der Waals surface area (Å²) < 4.78 is 0. The Balaban J connectivity index is 1.55. The van der Waals surface area contributed by atoms with Crippen LogP contribution in [0.1, 0.15) is 22.8 Å². The zero-order valence-electron chi connectivity index (χ0n) is 17.4. The summed E-state index contributed by atoms with van der Waals surface area (Å²) in [5.74, 6) is -1.94. The number of halogens is 1. The minimum absolute atomic E-state index is 0.000828. The van der Waals surface area contributed by atoms with Gasteiger partial charge in [0, 0.05) is 22.7 Å². The number of anilines is 1. The fourth-order valence-electron chi connectivity index (χ4n) is 4.27. The van der Waals surface area contributed by atoms with Crippen LogP contribution in [0.4, 0.5) is 16.2 Å². The number of benzene rings is 2. The van der Waals surface area contributed by atoms with Gasteiger partial charge in [-0.15, -0.1) is 11.8 Å². The molecule has 2 unspecified atom stereocenters. The highest BCUT2D eigenvalue weighted by atomic mass is 35.5. The first-order valence-electron chi connectivity index (χ1n) is 9.94. The number of hydrogen-bond donors (Lipinski definition) is 1. The number of rotatable bonds is 2. The van der Waals surface area contributed by atoms with E-state index < -0.39 is 38.4 Å². The van der Waals surface area contributed by atoms with E-state index in [-0.39, 0.29) is 28.4 Å². The van der Waals surface area contributed by atoms with E-state index in [0.29, 0.717) is 10.6 Å². The fraction of sp³-hybridized carbons (Fsp3) is 0.238. The highest BCUT2D eigenvalue weighted by Gasteiger charge is 2.62. The molecule has 1 N–H and O–H groups in total. The molecule has 0 bridgehead atoms. The number of Topliss-reactive ketones (excluding diaryl/α,β-unsaturated/α-hetero) is 1. The molecule has 0 saturated carbocycles. The van der Waals surface area contributed by atoms with Crippen LogP contribution in [0.2, 0.25) is 5.02 Å². The fourth-order valence-corrected chi connectivity index (χ4v) is 6.74. The van der Waals surface area contributed by atoms with Crippen molar-refractivity contribution in [3.8, 4) is 0 Å². The topological polar surface area (TPSA) is 130 Å². The van der Waals surface area contributed by atoms with Gasteiger partial charge in [0.2, 0.25) is 22.6 Å². The summed E-state index contributed by atoms with van der Waals surface area (Å²) in [6.07, 6.45) is 0. The molecule has 2 aromatic carbocycles. The van der Waals surface area contributed by atoms with Crippen LogP contribution in [0.3, 0.4) is 0 Å². The highest BCUT2D eigenvalue weighted by Crippen LogP contribution is 2.50. The third-order valence-corrected chi connectivity index (χ3v) is 8.86. The molecule has 0 aliphatic carbocycles. The van der Waals surface area contributed by atoms with Crippen molar-refractivity contribution >= 4 is 70.1 Å². The average molecular weight is 519 g/mol. The normalized spacial score (nSPS) is 25.8. The van der Waals surface area contributed by atoms with Gasteiger partial charge in [0.25, 0.3) is 5.69 Å². The van der Waals surface area contributed by atoms with Crippen LogP contribution >= 0.6 is 35.1 Å². The molecule has 3 heterocycles. The molecule has 3 aliphatic heterocycles. The van der Waals surface area contributed by atoms with Gasteiger partial charge in [0.1, 0.15) is 4.87 Å². The van der Waals surface area contributed by atoms with Crippen molar-refractivity contribution < 1.29 is 24.1 Å². The van der Waals surface area contributed by atoms with Gasteiger partial charge >= 0.3 is 6.03 Å². The first-order chi connectivity index (χ1) is 16.1. The van der Waals surface area contributed by atoms with E-state index >= 15 is 0 Å². The molecule has 2 aromatic rings. The lowest BCUT2D eigenvalue weighted by Gasteiger charge is -2.38. The number of ketones is 1. The van der Waals surface area contributed by atoms with Crippen LogP contribution in [-0.4, -0.2) is 54.9 Å². The third kappa shape index (κ3) is 3.12. The van der Waals surface area contributed by atoms with E-state index in [1.165, 1.54) is 30.0 Å². The van der Waals surface area contributed by atoms with Gasteiger partial charge in [-0.3, -0.25) is 24.5 Å². The maximum absolute atomic E-state index is 13.8. The zero-order valence-corrected chi connectivity index (χ0v) is 19.8. The Bertz CT molecular complexity index is 1300. The lowest BCUT2D eigenvalue weighted by molar-refractivity contribution is -0.384. The second kappa shape index (κ2) is 7.72. The minimum Gasteiger partial charge on any atom is -0.346 e. The van der Waals surface area contributed by atoms with Crippen molar-refractivity contribution in [2.75, 3.05) is 16.8 Å². The van der Waals surface area contributed by atoms with E-state index in [2.05, 4.69) is 5.32 Å². The van der Waals surface area contributed by atoms with Crippen molar-refractivity contribution in [2.45, 2.75) is 16.8 Å². The Morgan fingerprint density at radius 3 is 2.38 bits per heavy atom. The number of nitrogens with zero attached hydrogens (tertiary/aromatic N) is 3. The number of nitro benzene ring substituents is 1. The Morgan fingerprint density at radius 2 is 1.71 bits per heavy atom. The second-order valence-electron chi connectivity index (χ2n) is 7.89. The molecular formula is C21H15ClN4O6S2. The summed E-state index contributed by atoms with van der Waals surface area (Å²) >= 11 is 8.11. The Labute approximate surface area is 206 Å². The summed E-state index contributed by atoms with van der Waals surface area (Å²) in [7, 11) is 0. The molecule has 34 heavy (non-hydrogen) atoms. The quantitative estimate of drug-likeness (QED) is 0.467. The van der Waals surface area contributed by atoms with Gasteiger partial charge in [-0.25, -0.2) is 14.6 Å².